The molecule has 2 aromatic rings. The van der Waals surface area contributed by atoms with Gasteiger partial charge in [0.15, 0.2) is 5.16 Å². The van der Waals surface area contributed by atoms with Gasteiger partial charge in [0.05, 0.1) is 11.1 Å². The summed E-state index contributed by atoms with van der Waals surface area (Å²) in [7, 11) is 1.67. The molecule has 2 heterocycles. The summed E-state index contributed by atoms with van der Waals surface area (Å²) >= 11 is 1.26. The molecule has 9 heteroatoms. The summed E-state index contributed by atoms with van der Waals surface area (Å²) in [5.74, 6) is -0.593. The average molecular weight is 369 g/mol. The van der Waals surface area contributed by atoms with E-state index in [0.717, 1.165) is 12.1 Å². The molecule has 3 rings (SSSR count). The summed E-state index contributed by atoms with van der Waals surface area (Å²) in [4.78, 5) is 28.5. The molecule has 1 amide bonds. The van der Waals surface area contributed by atoms with Gasteiger partial charge in [-0.2, -0.15) is 18.2 Å². The van der Waals surface area contributed by atoms with Crippen LogP contribution >= 0.6 is 11.8 Å². The highest BCUT2D eigenvalue weighted by Gasteiger charge is 2.34. The summed E-state index contributed by atoms with van der Waals surface area (Å²) < 4.78 is 39.8. The molecule has 1 aliphatic heterocycles. The van der Waals surface area contributed by atoms with Crippen molar-refractivity contribution in [3.8, 4) is 0 Å². The first kappa shape index (κ1) is 17.5. The minimum Gasteiger partial charge on any atom is -0.312 e. The largest absolute Gasteiger partial charge is 0.416 e. The average Bonchev–Trinajstić information content (AvgIpc) is 2.56. The van der Waals surface area contributed by atoms with Crippen molar-refractivity contribution in [1.82, 2.24) is 9.55 Å². The third-order valence-electron chi connectivity index (χ3n) is 4.12. The molecule has 1 aliphatic rings. The van der Waals surface area contributed by atoms with Crippen molar-refractivity contribution in [2.24, 2.45) is 7.05 Å². The Labute approximate surface area is 145 Å². The Morgan fingerprint density at radius 1 is 1.24 bits per heavy atom. The number of benzene rings is 1. The van der Waals surface area contributed by atoms with Gasteiger partial charge in [-0.3, -0.25) is 9.59 Å². The topological polar surface area (TPSA) is 64.0 Å². The fraction of sp³-hybridized carbons (Fsp3) is 0.312. The number of fused-ring (bicyclic) bond motifs is 1. The maximum atomic E-state index is 12.7. The monoisotopic (exact) mass is 369 g/mol. The highest BCUT2D eigenvalue weighted by atomic mass is 32.2. The fourth-order valence-corrected chi connectivity index (χ4v) is 3.45. The van der Waals surface area contributed by atoms with Crippen LogP contribution in [0.3, 0.4) is 0 Å². The molecular formula is C16H14F3N3O2S. The predicted octanol–water partition coefficient (Wildman–Crippen LogP) is 3.00. The van der Waals surface area contributed by atoms with Crippen LogP contribution < -0.4 is 10.9 Å². The Morgan fingerprint density at radius 2 is 1.88 bits per heavy atom. The van der Waals surface area contributed by atoms with Crippen LogP contribution in [0.5, 0.6) is 0 Å². The normalized spacial score (nSPS) is 17.2. The van der Waals surface area contributed by atoms with Gasteiger partial charge in [0.2, 0.25) is 5.91 Å². The van der Waals surface area contributed by atoms with E-state index in [1.165, 1.54) is 23.9 Å². The second-order valence-electron chi connectivity index (χ2n) is 5.65. The molecule has 0 saturated carbocycles. The van der Waals surface area contributed by atoms with Gasteiger partial charge in [-0.1, -0.05) is 23.9 Å². The van der Waals surface area contributed by atoms with Crippen LogP contribution in [0.2, 0.25) is 0 Å². The minimum absolute atomic E-state index is 0.0199. The zero-order chi connectivity index (χ0) is 18.4. The Morgan fingerprint density at radius 3 is 2.44 bits per heavy atom. The van der Waals surface area contributed by atoms with E-state index in [2.05, 4.69) is 10.3 Å². The van der Waals surface area contributed by atoms with E-state index >= 15 is 0 Å². The van der Waals surface area contributed by atoms with Gasteiger partial charge in [-0.05, 0) is 24.0 Å². The van der Waals surface area contributed by atoms with Gasteiger partial charge < -0.3 is 9.88 Å². The number of amides is 1. The third-order valence-corrected chi connectivity index (χ3v) is 4.85. The Kier molecular flexibility index (Phi) is 4.36. The molecule has 5 nitrogen and oxygen atoms in total. The molecule has 0 aliphatic carbocycles. The van der Waals surface area contributed by atoms with Crippen molar-refractivity contribution >= 4 is 23.5 Å². The van der Waals surface area contributed by atoms with Gasteiger partial charge >= 0.3 is 6.18 Å². The maximum absolute atomic E-state index is 12.7. The Bertz CT molecular complexity index is 891. The summed E-state index contributed by atoms with van der Waals surface area (Å²) in [6.45, 7) is 0. The van der Waals surface area contributed by atoms with Gasteiger partial charge in [0.1, 0.15) is 5.82 Å². The van der Waals surface area contributed by atoms with E-state index in [-0.39, 0.29) is 12.3 Å². The second kappa shape index (κ2) is 6.21. The maximum Gasteiger partial charge on any atom is 0.416 e. The molecule has 0 radical (unpaired) electrons. The lowest BCUT2D eigenvalue weighted by Crippen LogP contribution is -2.33. The van der Waals surface area contributed by atoms with E-state index in [0.29, 0.717) is 22.1 Å². The molecule has 0 spiro atoms. The van der Waals surface area contributed by atoms with Crippen molar-refractivity contribution in [1.29, 1.82) is 0 Å². The van der Waals surface area contributed by atoms with Crippen LogP contribution in [0.4, 0.5) is 19.0 Å². The van der Waals surface area contributed by atoms with Crippen LogP contribution in [0.1, 0.15) is 29.0 Å². The number of halogens is 3. The first-order chi connectivity index (χ1) is 11.7. The van der Waals surface area contributed by atoms with Crippen molar-refractivity contribution in [2.75, 3.05) is 11.6 Å². The quantitative estimate of drug-likeness (QED) is 0.653. The van der Waals surface area contributed by atoms with Crippen LogP contribution in [-0.4, -0.2) is 21.7 Å². The van der Waals surface area contributed by atoms with Gasteiger partial charge in [-0.15, -0.1) is 0 Å². The van der Waals surface area contributed by atoms with E-state index in [1.807, 2.05) is 0 Å². The predicted molar refractivity (Wildman–Crippen MR) is 87.8 cm³/mol. The summed E-state index contributed by atoms with van der Waals surface area (Å²) in [5, 5.41) is 3.11. The number of alkyl halides is 3. The molecule has 0 saturated heterocycles. The lowest BCUT2D eigenvalue weighted by Gasteiger charge is -2.27. The number of rotatable bonds is 2. The Hall–Kier alpha value is -2.29. The number of hydrogen-bond acceptors (Lipinski definition) is 4. The Balaban J connectivity index is 2.13. The fourth-order valence-electron chi connectivity index (χ4n) is 2.91. The zero-order valence-corrected chi connectivity index (χ0v) is 14.2. The molecule has 1 atom stereocenters. The SMILES string of the molecule is CSc1nc(=O)c2c(n1C)NC(=O)C[C@@H]2c1ccc(C(F)(F)F)cc1. The van der Waals surface area contributed by atoms with Crippen LogP contribution in [0.15, 0.2) is 34.2 Å². The third kappa shape index (κ3) is 3.15. The van der Waals surface area contributed by atoms with E-state index < -0.39 is 23.2 Å². The first-order valence-electron chi connectivity index (χ1n) is 7.34. The molecule has 0 fully saturated rings. The molecule has 0 bridgehead atoms. The van der Waals surface area contributed by atoms with E-state index in [9.17, 15) is 22.8 Å². The number of carbonyl (C=O) groups is 1. The zero-order valence-electron chi connectivity index (χ0n) is 13.3. The number of thioether (sulfide) groups is 1. The number of carbonyl (C=O) groups excluding carboxylic acids is 1. The molecule has 25 heavy (non-hydrogen) atoms. The molecule has 1 N–H and O–H groups in total. The van der Waals surface area contributed by atoms with Crippen LogP contribution in [0, 0.1) is 0 Å². The van der Waals surface area contributed by atoms with Crippen LogP contribution in [0.25, 0.3) is 0 Å². The van der Waals surface area contributed by atoms with Crippen molar-refractivity contribution < 1.29 is 18.0 Å². The van der Waals surface area contributed by atoms with Gasteiger partial charge in [0, 0.05) is 19.4 Å². The lowest BCUT2D eigenvalue weighted by atomic mass is 9.86. The van der Waals surface area contributed by atoms with Gasteiger partial charge in [-0.25, -0.2) is 0 Å². The minimum atomic E-state index is -4.44. The van der Waals surface area contributed by atoms with Crippen LogP contribution in [-0.2, 0) is 18.0 Å². The second-order valence-corrected chi connectivity index (χ2v) is 6.42. The summed E-state index contributed by atoms with van der Waals surface area (Å²) in [6, 6.07) is 4.51. The van der Waals surface area contributed by atoms with E-state index in [4.69, 9.17) is 0 Å². The molecule has 1 aromatic heterocycles. The highest BCUT2D eigenvalue weighted by Crippen LogP contribution is 2.37. The van der Waals surface area contributed by atoms with Crippen molar-refractivity contribution in [3.63, 3.8) is 0 Å². The standard InChI is InChI=1S/C16H14F3N3O2S/c1-22-13-12(14(24)21-15(22)25-2)10(7-11(23)20-13)8-3-5-9(6-4-8)16(17,18)19/h3-6,10H,7H2,1-2H3,(H,20,23)/t10-/m1/s1. The van der Waals surface area contributed by atoms with Crippen molar-refractivity contribution in [2.45, 2.75) is 23.7 Å². The van der Waals surface area contributed by atoms with Crippen molar-refractivity contribution in [3.05, 3.63) is 51.3 Å². The lowest BCUT2D eigenvalue weighted by molar-refractivity contribution is -0.137. The van der Waals surface area contributed by atoms with E-state index in [1.54, 1.807) is 17.9 Å². The molecular weight excluding hydrogens is 355 g/mol. The number of anilines is 1. The number of hydrogen-bond donors (Lipinski definition) is 1. The van der Waals surface area contributed by atoms with Gasteiger partial charge in [0.25, 0.3) is 5.56 Å². The first-order valence-corrected chi connectivity index (χ1v) is 8.56. The highest BCUT2D eigenvalue weighted by molar-refractivity contribution is 7.98. The number of nitrogens with one attached hydrogen (secondary N) is 1. The molecule has 0 unspecified atom stereocenters. The number of nitrogens with zero attached hydrogens (tertiary/aromatic N) is 2. The molecule has 1 aromatic carbocycles. The molecule has 132 valence electrons. The smallest absolute Gasteiger partial charge is 0.312 e. The number of aromatic nitrogens is 2. The summed E-state index contributed by atoms with van der Waals surface area (Å²) in [5.41, 5.74) is -0.498. The summed E-state index contributed by atoms with van der Waals surface area (Å²) in [6.07, 6.45) is -2.70.